The van der Waals surface area contributed by atoms with Gasteiger partial charge in [-0.15, -0.1) is 0 Å². The second-order valence-corrected chi connectivity index (χ2v) is 2.62. The molecule has 0 aliphatic carbocycles. The molecule has 0 unspecified atom stereocenters. The fourth-order valence-electron chi connectivity index (χ4n) is 0.783. The van der Waals surface area contributed by atoms with Crippen LogP contribution < -0.4 is 5.11 Å². The van der Waals surface area contributed by atoms with Crippen molar-refractivity contribution in [2.45, 2.75) is 0 Å². The first kappa shape index (κ1) is 9.47. The molecule has 0 fully saturated rings. The van der Waals surface area contributed by atoms with Crippen molar-refractivity contribution in [2.75, 3.05) is 0 Å². The molecule has 1 aromatic carbocycles. The summed E-state index contributed by atoms with van der Waals surface area (Å²) in [5, 5.41) is 20.5. The minimum Gasteiger partial charge on any atom is -0.545 e. The van der Waals surface area contributed by atoms with Gasteiger partial charge in [0.1, 0.15) is 0 Å². The van der Waals surface area contributed by atoms with Crippen LogP contribution in [0.3, 0.4) is 0 Å². The molecule has 1 aromatic rings. The first-order chi connectivity index (χ1) is 6.02. The zero-order valence-corrected chi connectivity index (χ0v) is 6.95. The number of aromatic carboxylic acids is 1. The third-order valence-corrected chi connectivity index (χ3v) is 1.71. The summed E-state index contributed by atoms with van der Waals surface area (Å²) in [5.41, 5.74) is -0.709. The molecular weight excluding hydrogens is 198 g/mol. The van der Waals surface area contributed by atoms with Crippen LogP contribution in [-0.2, 0) is 0 Å². The summed E-state index contributed by atoms with van der Waals surface area (Å²) in [4.78, 5) is 19.9. The predicted molar refractivity (Wildman–Crippen MR) is 42.4 cm³/mol. The minimum atomic E-state index is -1.53. The molecule has 0 saturated carbocycles. The molecular formula is C7H3ClNO4-. The lowest BCUT2D eigenvalue weighted by atomic mass is 10.2. The molecule has 0 amide bonds. The van der Waals surface area contributed by atoms with Gasteiger partial charge in [-0.1, -0.05) is 11.6 Å². The lowest BCUT2D eigenvalue weighted by Gasteiger charge is -2.03. The predicted octanol–water partition coefficient (Wildman–Crippen LogP) is 0.612. The first-order valence-corrected chi connectivity index (χ1v) is 3.55. The van der Waals surface area contributed by atoms with Crippen molar-refractivity contribution in [3.05, 3.63) is 38.9 Å². The van der Waals surface area contributed by atoms with Crippen LogP contribution in [0.2, 0.25) is 5.02 Å². The van der Waals surface area contributed by atoms with E-state index in [2.05, 4.69) is 0 Å². The van der Waals surface area contributed by atoms with Crippen molar-refractivity contribution in [1.82, 2.24) is 0 Å². The van der Waals surface area contributed by atoms with Gasteiger partial charge in [-0.3, -0.25) is 10.1 Å². The molecule has 0 radical (unpaired) electrons. The number of nitro benzene ring substituents is 1. The molecule has 0 saturated heterocycles. The van der Waals surface area contributed by atoms with E-state index in [9.17, 15) is 20.0 Å². The molecule has 13 heavy (non-hydrogen) atoms. The number of carbonyl (C=O) groups is 1. The molecule has 68 valence electrons. The van der Waals surface area contributed by atoms with Gasteiger partial charge in [0.05, 0.1) is 15.9 Å². The van der Waals surface area contributed by atoms with Gasteiger partial charge in [-0.05, 0) is 6.07 Å². The highest BCUT2D eigenvalue weighted by molar-refractivity contribution is 6.33. The smallest absolute Gasteiger partial charge is 0.270 e. The number of hydrogen-bond donors (Lipinski definition) is 0. The SMILES string of the molecule is O=C([O-])c1cc([N+](=O)[O-])ccc1Cl. The highest BCUT2D eigenvalue weighted by Gasteiger charge is 2.09. The summed E-state index contributed by atoms with van der Waals surface area (Å²) in [7, 11) is 0. The van der Waals surface area contributed by atoms with E-state index >= 15 is 0 Å². The van der Waals surface area contributed by atoms with E-state index in [0.29, 0.717) is 0 Å². The van der Waals surface area contributed by atoms with Gasteiger partial charge in [0.15, 0.2) is 0 Å². The summed E-state index contributed by atoms with van der Waals surface area (Å²) < 4.78 is 0. The molecule has 0 spiro atoms. The highest BCUT2D eigenvalue weighted by Crippen LogP contribution is 2.21. The van der Waals surface area contributed by atoms with E-state index in [0.717, 1.165) is 18.2 Å². The Labute approximate surface area is 77.7 Å². The Morgan fingerprint density at radius 3 is 2.54 bits per heavy atom. The van der Waals surface area contributed by atoms with Crippen LogP contribution in [0.1, 0.15) is 10.4 Å². The summed E-state index contributed by atoms with van der Waals surface area (Å²) in [6, 6.07) is 3.12. The standard InChI is InChI=1S/C7H4ClNO4/c8-6-2-1-4(9(12)13)3-5(6)7(10)11/h1-3H,(H,10,11)/p-1. The topological polar surface area (TPSA) is 83.3 Å². The molecule has 0 aliphatic rings. The van der Waals surface area contributed by atoms with Crippen LogP contribution in [0.15, 0.2) is 18.2 Å². The van der Waals surface area contributed by atoms with Crippen LogP contribution in [0.25, 0.3) is 0 Å². The average Bonchev–Trinajstić information content (AvgIpc) is 2.04. The fraction of sp³-hybridized carbons (Fsp3) is 0. The van der Waals surface area contributed by atoms with Gasteiger partial charge in [-0.25, -0.2) is 0 Å². The van der Waals surface area contributed by atoms with Crippen LogP contribution in [0.4, 0.5) is 5.69 Å². The zero-order valence-electron chi connectivity index (χ0n) is 6.19. The van der Waals surface area contributed by atoms with Gasteiger partial charge in [0.25, 0.3) is 5.69 Å². The number of carboxylic acid groups (broad SMARTS) is 1. The van der Waals surface area contributed by atoms with Crippen molar-refractivity contribution in [1.29, 1.82) is 0 Å². The molecule has 0 aliphatic heterocycles. The summed E-state index contributed by atoms with van der Waals surface area (Å²) in [5.74, 6) is -1.53. The number of hydrogen-bond acceptors (Lipinski definition) is 4. The lowest BCUT2D eigenvalue weighted by Crippen LogP contribution is -2.22. The van der Waals surface area contributed by atoms with Crippen LogP contribution >= 0.6 is 11.6 Å². The van der Waals surface area contributed by atoms with E-state index < -0.39 is 10.9 Å². The van der Waals surface area contributed by atoms with Crippen LogP contribution in [-0.4, -0.2) is 10.9 Å². The number of halogens is 1. The molecule has 0 N–H and O–H groups in total. The summed E-state index contributed by atoms with van der Waals surface area (Å²) >= 11 is 5.45. The number of carboxylic acids is 1. The van der Waals surface area contributed by atoms with Crippen molar-refractivity contribution >= 4 is 23.3 Å². The zero-order chi connectivity index (χ0) is 10.0. The molecule has 0 bridgehead atoms. The Morgan fingerprint density at radius 2 is 2.08 bits per heavy atom. The molecule has 1 rings (SSSR count). The van der Waals surface area contributed by atoms with Gasteiger partial charge in [0, 0.05) is 17.7 Å². The molecule has 0 atom stereocenters. The maximum absolute atomic E-state index is 10.4. The Hall–Kier alpha value is -1.62. The number of nitrogens with zero attached hydrogens (tertiary/aromatic N) is 1. The van der Waals surface area contributed by atoms with Crippen LogP contribution in [0, 0.1) is 10.1 Å². The Bertz CT molecular complexity index is 377. The normalized spacial score (nSPS) is 9.62. The molecule has 0 heterocycles. The third-order valence-electron chi connectivity index (χ3n) is 1.38. The second-order valence-electron chi connectivity index (χ2n) is 2.21. The van der Waals surface area contributed by atoms with E-state index in [1.165, 1.54) is 0 Å². The van der Waals surface area contributed by atoms with Gasteiger partial charge in [0.2, 0.25) is 0 Å². The summed E-state index contributed by atoms with van der Waals surface area (Å²) in [6.07, 6.45) is 0. The van der Waals surface area contributed by atoms with E-state index in [4.69, 9.17) is 11.6 Å². The van der Waals surface area contributed by atoms with Gasteiger partial charge in [-0.2, -0.15) is 0 Å². The van der Waals surface area contributed by atoms with Crippen molar-refractivity contribution < 1.29 is 14.8 Å². The molecule has 0 aromatic heterocycles. The number of benzene rings is 1. The second kappa shape index (κ2) is 3.40. The van der Waals surface area contributed by atoms with E-state index in [1.807, 2.05) is 0 Å². The largest absolute Gasteiger partial charge is 0.545 e. The average molecular weight is 201 g/mol. The Morgan fingerprint density at radius 1 is 1.46 bits per heavy atom. The maximum atomic E-state index is 10.4. The van der Waals surface area contributed by atoms with Crippen LogP contribution in [0.5, 0.6) is 0 Å². The maximum Gasteiger partial charge on any atom is 0.270 e. The molecule has 5 nitrogen and oxygen atoms in total. The first-order valence-electron chi connectivity index (χ1n) is 3.17. The summed E-state index contributed by atoms with van der Waals surface area (Å²) in [6.45, 7) is 0. The Kier molecular flexibility index (Phi) is 2.48. The molecule has 6 heteroatoms. The van der Waals surface area contributed by atoms with E-state index in [1.54, 1.807) is 0 Å². The number of carbonyl (C=O) groups excluding carboxylic acids is 1. The monoisotopic (exact) mass is 200 g/mol. The van der Waals surface area contributed by atoms with Gasteiger partial charge < -0.3 is 9.90 Å². The quantitative estimate of drug-likeness (QED) is 0.517. The number of non-ortho nitro benzene ring substituents is 1. The third kappa shape index (κ3) is 1.94. The highest BCUT2D eigenvalue weighted by atomic mass is 35.5. The van der Waals surface area contributed by atoms with Crippen molar-refractivity contribution in [2.24, 2.45) is 0 Å². The van der Waals surface area contributed by atoms with Crippen molar-refractivity contribution in [3.63, 3.8) is 0 Å². The van der Waals surface area contributed by atoms with Crippen molar-refractivity contribution in [3.8, 4) is 0 Å². The number of nitro groups is 1. The van der Waals surface area contributed by atoms with Gasteiger partial charge >= 0.3 is 0 Å². The number of rotatable bonds is 2. The Balaban J connectivity index is 3.27. The minimum absolute atomic E-state index is 0.0781. The lowest BCUT2D eigenvalue weighted by molar-refractivity contribution is -0.385. The van der Waals surface area contributed by atoms with E-state index in [-0.39, 0.29) is 16.3 Å². The fourth-order valence-corrected chi connectivity index (χ4v) is 0.978.